The lowest BCUT2D eigenvalue weighted by atomic mass is 10.1. The van der Waals surface area contributed by atoms with Crippen LogP contribution in [0.5, 0.6) is 0 Å². The van der Waals surface area contributed by atoms with Crippen LogP contribution in [0.4, 0.5) is 0 Å². The van der Waals surface area contributed by atoms with Gasteiger partial charge in [0.25, 0.3) is 0 Å². The Morgan fingerprint density at radius 1 is 1.37 bits per heavy atom. The average Bonchev–Trinajstić information content (AvgIpc) is 2.78. The second-order valence-electron chi connectivity index (χ2n) is 5.34. The number of hydrogen-bond donors (Lipinski definition) is 1. The van der Waals surface area contributed by atoms with Crippen molar-refractivity contribution in [1.29, 1.82) is 0 Å². The molecular formula is C14H22N2O2S. The molecule has 1 heterocycles. The fourth-order valence-electron chi connectivity index (χ4n) is 2.70. The van der Waals surface area contributed by atoms with Crippen LogP contribution in [-0.4, -0.2) is 39.4 Å². The third-order valence-corrected chi connectivity index (χ3v) is 5.71. The highest BCUT2D eigenvalue weighted by Crippen LogP contribution is 2.26. The summed E-state index contributed by atoms with van der Waals surface area (Å²) in [6, 6.07) is 5.51. The van der Waals surface area contributed by atoms with E-state index >= 15 is 0 Å². The van der Waals surface area contributed by atoms with Crippen molar-refractivity contribution in [2.45, 2.75) is 25.2 Å². The highest BCUT2D eigenvalue weighted by atomic mass is 32.2. The van der Waals surface area contributed by atoms with E-state index in [1.54, 1.807) is 10.4 Å². The normalized spacial score (nSPS) is 20.9. The van der Waals surface area contributed by atoms with Gasteiger partial charge in [0, 0.05) is 13.1 Å². The molecule has 1 aliphatic heterocycles. The van der Waals surface area contributed by atoms with E-state index in [-0.39, 0.29) is 0 Å². The molecule has 0 saturated carbocycles. The molecule has 106 valence electrons. The molecule has 0 unspecified atom stereocenters. The highest BCUT2D eigenvalue weighted by Gasteiger charge is 2.32. The summed E-state index contributed by atoms with van der Waals surface area (Å²) in [5.74, 6) is 0.422. The number of aryl methyl sites for hydroxylation is 2. The van der Waals surface area contributed by atoms with Gasteiger partial charge in [-0.2, -0.15) is 4.31 Å². The summed E-state index contributed by atoms with van der Waals surface area (Å²) in [6.45, 7) is 5.96. The van der Waals surface area contributed by atoms with Gasteiger partial charge in [0.15, 0.2) is 0 Å². The van der Waals surface area contributed by atoms with Gasteiger partial charge in [0.2, 0.25) is 10.0 Å². The van der Waals surface area contributed by atoms with E-state index in [1.807, 2.05) is 33.0 Å². The smallest absolute Gasteiger partial charge is 0.243 e. The summed E-state index contributed by atoms with van der Waals surface area (Å²) in [7, 11) is -1.43. The molecule has 1 aromatic carbocycles. The van der Waals surface area contributed by atoms with E-state index in [0.717, 1.165) is 24.1 Å². The molecule has 1 saturated heterocycles. The number of sulfonamides is 1. The standard InChI is InChI=1S/C14H22N2O2S/c1-11-4-5-14(12(2)8-11)19(17,18)16-7-6-13(10-16)9-15-3/h4-5,8,13,15H,6-7,9-10H2,1-3H3/t13-/m0/s1. The van der Waals surface area contributed by atoms with E-state index in [1.165, 1.54) is 0 Å². The first-order valence-corrected chi connectivity index (χ1v) is 8.11. The number of hydrogen-bond acceptors (Lipinski definition) is 3. The zero-order valence-electron chi connectivity index (χ0n) is 11.8. The van der Waals surface area contributed by atoms with Crippen LogP contribution >= 0.6 is 0 Å². The predicted octanol–water partition coefficient (Wildman–Crippen LogP) is 1.53. The second kappa shape index (κ2) is 5.61. The van der Waals surface area contributed by atoms with Gasteiger partial charge in [-0.05, 0) is 51.4 Å². The molecule has 1 aliphatic rings. The molecule has 1 atom stereocenters. The van der Waals surface area contributed by atoms with Gasteiger partial charge in [-0.25, -0.2) is 8.42 Å². The molecule has 2 rings (SSSR count). The van der Waals surface area contributed by atoms with E-state index in [2.05, 4.69) is 5.32 Å². The molecule has 1 aromatic rings. The van der Waals surface area contributed by atoms with Gasteiger partial charge in [-0.1, -0.05) is 17.7 Å². The molecule has 0 amide bonds. The second-order valence-corrected chi connectivity index (χ2v) is 7.25. The minimum absolute atomic E-state index is 0.422. The largest absolute Gasteiger partial charge is 0.319 e. The van der Waals surface area contributed by atoms with Crippen molar-refractivity contribution in [3.8, 4) is 0 Å². The Kier molecular flexibility index (Phi) is 4.28. The quantitative estimate of drug-likeness (QED) is 0.911. The molecule has 0 aliphatic carbocycles. The van der Waals surface area contributed by atoms with Crippen LogP contribution < -0.4 is 5.32 Å². The molecule has 19 heavy (non-hydrogen) atoms. The number of benzene rings is 1. The summed E-state index contributed by atoms with van der Waals surface area (Å²) in [5.41, 5.74) is 1.92. The maximum absolute atomic E-state index is 12.6. The fourth-order valence-corrected chi connectivity index (χ4v) is 4.44. The van der Waals surface area contributed by atoms with Crippen LogP contribution in [0.15, 0.2) is 23.1 Å². The Morgan fingerprint density at radius 2 is 2.11 bits per heavy atom. The molecule has 0 radical (unpaired) electrons. The fraction of sp³-hybridized carbons (Fsp3) is 0.571. The van der Waals surface area contributed by atoms with Crippen molar-refractivity contribution in [2.24, 2.45) is 5.92 Å². The lowest BCUT2D eigenvalue weighted by molar-refractivity contribution is 0.451. The SMILES string of the molecule is CNC[C@@H]1CCN(S(=O)(=O)c2ccc(C)cc2C)C1. The Morgan fingerprint density at radius 3 is 2.74 bits per heavy atom. The van der Waals surface area contributed by atoms with Crippen LogP contribution in [0.25, 0.3) is 0 Å². The van der Waals surface area contributed by atoms with E-state index in [4.69, 9.17) is 0 Å². The van der Waals surface area contributed by atoms with Crippen molar-refractivity contribution >= 4 is 10.0 Å². The molecule has 1 fully saturated rings. The molecule has 0 aromatic heterocycles. The molecular weight excluding hydrogens is 260 g/mol. The molecule has 1 N–H and O–H groups in total. The minimum Gasteiger partial charge on any atom is -0.319 e. The van der Waals surface area contributed by atoms with Gasteiger partial charge in [0.1, 0.15) is 0 Å². The summed E-state index contributed by atoms with van der Waals surface area (Å²) in [5, 5.41) is 3.12. The summed E-state index contributed by atoms with van der Waals surface area (Å²) < 4.78 is 26.9. The Balaban J connectivity index is 2.23. The predicted molar refractivity (Wildman–Crippen MR) is 76.7 cm³/mol. The Hall–Kier alpha value is -0.910. The zero-order chi connectivity index (χ0) is 14.0. The van der Waals surface area contributed by atoms with Gasteiger partial charge in [0.05, 0.1) is 4.90 Å². The van der Waals surface area contributed by atoms with Crippen LogP contribution in [0, 0.1) is 19.8 Å². The first-order chi connectivity index (χ1) is 8.95. The zero-order valence-corrected chi connectivity index (χ0v) is 12.6. The van der Waals surface area contributed by atoms with Crippen LogP contribution in [-0.2, 0) is 10.0 Å². The van der Waals surface area contributed by atoms with Crippen molar-refractivity contribution in [3.05, 3.63) is 29.3 Å². The third-order valence-electron chi connectivity index (χ3n) is 3.69. The first-order valence-electron chi connectivity index (χ1n) is 6.67. The van der Waals surface area contributed by atoms with Gasteiger partial charge in [-0.15, -0.1) is 0 Å². The van der Waals surface area contributed by atoms with Crippen molar-refractivity contribution in [2.75, 3.05) is 26.7 Å². The lowest BCUT2D eigenvalue weighted by Crippen LogP contribution is -2.30. The van der Waals surface area contributed by atoms with E-state index < -0.39 is 10.0 Å². The maximum atomic E-state index is 12.6. The third kappa shape index (κ3) is 2.99. The van der Waals surface area contributed by atoms with Crippen molar-refractivity contribution < 1.29 is 8.42 Å². The minimum atomic E-state index is -3.33. The molecule has 5 heteroatoms. The Bertz CT molecular complexity index is 555. The van der Waals surface area contributed by atoms with Crippen molar-refractivity contribution in [3.63, 3.8) is 0 Å². The highest BCUT2D eigenvalue weighted by molar-refractivity contribution is 7.89. The molecule has 0 bridgehead atoms. The first kappa shape index (κ1) is 14.5. The van der Waals surface area contributed by atoms with Crippen molar-refractivity contribution in [1.82, 2.24) is 9.62 Å². The topological polar surface area (TPSA) is 49.4 Å². The lowest BCUT2D eigenvalue weighted by Gasteiger charge is -2.18. The van der Waals surface area contributed by atoms with Gasteiger partial charge >= 0.3 is 0 Å². The summed E-state index contributed by atoms with van der Waals surface area (Å²) in [4.78, 5) is 0.447. The molecule has 0 spiro atoms. The van der Waals surface area contributed by atoms with Crippen LogP contribution in [0.3, 0.4) is 0 Å². The number of nitrogens with zero attached hydrogens (tertiary/aromatic N) is 1. The monoisotopic (exact) mass is 282 g/mol. The van der Waals surface area contributed by atoms with Crippen LogP contribution in [0.1, 0.15) is 17.5 Å². The van der Waals surface area contributed by atoms with Gasteiger partial charge < -0.3 is 5.32 Å². The summed E-state index contributed by atoms with van der Waals surface area (Å²) >= 11 is 0. The number of rotatable bonds is 4. The Labute approximate surface area is 115 Å². The van der Waals surface area contributed by atoms with Gasteiger partial charge in [-0.3, -0.25) is 0 Å². The number of nitrogens with one attached hydrogen (secondary N) is 1. The van der Waals surface area contributed by atoms with E-state index in [9.17, 15) is 8.42 Å². The van der Waals surface area contributed by atoms with E-state index in [0.29, 0.717) is 23.9 Å². The van der Waals surface area contributed by atoms with Crippen LogP contribution in [0.2, 0.25) is 0 Å². The maximum Gasteiger partial charge on any atom is 0.243 e. The average molecular weight is 282 g/mol. The summed E-state index contributed by atoms with van der Waals surface area (Å²) in [6.07, 6.45) is 0.935. The molecule has 4 nitrogen and oxygen atoms in total.